The summed E-state index contributed by atoms with van der Waals surface area (Å²) in [6, 6.07) is 0. The first-order valence-corrected chi connectivity index (χ1v) is 5.30. The van der Waals surface area contributed by atoms with Crippen molar-refractivity contribution in [2.45, 2.75) is 0 Å². The highest BCUT2D eigenvalue weighted by atomic mass is 35.5. The van der Waals surface area contributed by atoms with Gasteiger partial charge in [0.25, 0.3) is 0 Å². The van der Waals surface area contributed by atoms with Crippen LogP contribution in [-0.4, -0.2) is 19.6 Å². The molecule has 6 nitrogen and oxygen atoms in total. The van der Waals surface area contributed by atoms with E-state index in [1.165, 1.54) is 0 Å². The zero-order chi connectivity index (χ0) is 7.00. The maximum Gasteiger partial charge on any atom is 0.435 e. The van der Waals surface area contributed by atoms with Crippen molar-refractivity contribution in [2.24, 2.45) is 0 Å². The molecule has 0 aromatic heterocycles. The van der Waals surface area contributed by atoms with E-state index >= 15 is 0 Å². The summed E-state index contributed by atoms with van der Waals surface area (Å²) in [5.41, 5.74) is 0. The number of halogens is 1. The second kappa shape index (κ2) is 3.12. The van der Waals surface area contributed by atoms with Crippen LogP contribution < -0.4 is 0 Å². The van der Waals surface area contributed by atoms with Crippen LogP contribution in [-0.2, 0) is 9.13 Å². The molecular weight excluding hydrogens is 193 g/mol. The highest BCUT2D eigenvalue weighted by Crippen LogP contribution is 2.71. The molecule has 0 spiro atoms. The van der Waals surface area contributed by atoms with Crippen molar-refractivity contribution in [3.8, 4) is 0 Å². The van der Waals surface area contributed by atoms with Crippen molar-refractivity contribution in [2.75, 3.05) is 0 Å². The first-order valence-electron chi connectivity index (χ1n) is 1.37. The van der Waals surface area contributed by atoms with Crippen molar-refractivity contribution in [3.63, 3.8) is 0 Å². The third kappa shape index (κ3) is 4.06. The number of rotatable bonds is 1. The SMILES string of the molecule is Cl.O=P(O)(O)P(=O)(O)O. The number of hydrogen-bond acceptors (Lipinski definition) is 2. The molecule has 0 saturated carbocycles. The molecule has 0 aromatic rings. The van der Waals surface area contributed by atoms with Crippen molar-refractivity contribution in [1.29, 1.82) is 0 Å². The van der Waals surface area contributed by atoms with Gasteiger partial charge < -0.3 is 19.6 Å². The molecule has 9 heteroatoms. The minimum Gasteiger partial charge on any atom is -0.316 e. The van der Waals surface area contributed by atoms with E-state index < -0.39 is 14.6 Å². The van der Waals surface area contributed by atoms with Crippen LogP contribution in [0.25, 0.3) is 0 Å². The molecule has 0 aliphatic rings. The third-order valence-corrected chi connectivity index (χ3v) is 3.05. The lowest BCUT2D eigenvalue weighted by Gasteiger charge is -2.02. The Kier molecular flexibility index (Phi) is 4.26. The molecule has 0 saturated heterocycles. The van der Waals surface area contributed by atoms with Crippen LogP contribution >= 0.6 is 27.0 Å². The lowest BCUT2D eigenvalue weighted by atomic mass is 15.8. The molecule has 0 amide bonds. The van der Waals surface area contributed by atoms with E-state index in [0.717, 1.165) is 0 Å². The Morgan fingerprint density at radius 2 is 0.889 bits per heavy atom. The van der Waals surface area contributed by atoms with E-state index in [-0.39, 0.29) is 12.4 Å². The van der Waals surface area contributed by atoms with Gasteiger partial charge in [-0.3, -0.25) is 0 Å². The van der Waals surface area contributed by atoms with Gasteiger partial charge in [0.1, 0.15) is 0 Å². The summed E-state index contributed by atoms with van der Waals surface area (Å²) in [5.74, 6) is 0. The molecule has 0 bridgehead atoms. The summed E-state index contributed by atoms with van der Waals surface area (Å²) in [7, 11) is -10.4. The Morgan fingerprint density at radius 1 is 0.778 bits per heavy atom. The van der Waals surface area contributed by atoms with Crippen molar-refractivity contribution < 1.29 is 28.7 Å². The second-order valence-corrected chi connectivity index (χ2v) is 6.21. The van der Waals surface area contributed by atoms with Crippen LogP contribution in [0.1, 0.15) is 0 Å². The molecule has 0 radical (unpaired) electrons. The van der Waals surface area contributed by atoms with E-state index in [9.17, 15) is 9.13 Å². The Hall–Kier alpha value is 0.590. The molecule has 0 fully saturated rings. The molecule has 9 heavy (non-hydrogen) atoms. The summed E-state index contributed by atoms with van der Waals surface area (Å²) in [5, 5.41) is 0. The Balaban J connectivity index is 0. The first kappa shape index (κ1) is 12.3. The van der Waals surface area contributed by atoms with E-state index in [1.807, 2.05) is 0 Å². The molecule has 0 aromatic carbocycles. The fourth-order valence-corrected chi connectivity index (χ4v) is 0. The molecule has 0 unspecified atom stereocenters. The quantitative estimate of drug-likeness (QED) is 0.429. The summed E-state index contributed by atoms with van der Waals surface area (Å²) in [4.78, 5) is 30.8. The largest absolute Gasteiger partial charge is 0.435 e. The zero-order valence-corrected chi connectivity index (χ0v) is 6.51. The van der Waals surface area contributed by atoms with E-state index in [2.05, 4.69) is 0 Å². The predicted octanol–water partition coefficient (Wildman–Crippen LogP) is -0.321. The van der Waals surface area contributed by atoms with Crippen molar-refractivity contribution in [3.05, 3.63) is 0 Å². The van der Waals surface area contributed by atoms with Gasteiger partial charge in [-0.05, 0) is 0 Å². The van der Waals surface area contributed by atoms with Crippen molar-refractivity contribution >= 4 is 27.0 Å². The second-order valence-electron chi connectivity index (χ2n) is 1.03. The minimum absolute atomic E-state index is 0. The van der Waals surface area contributed by atoms with Gasteiger partial charge in [-0.25, -0.2) is 9.13 Å². The molecule has 0 atom stereocenters. The molecule has 58 valence electrons. The van der Waals surface area contributed by atoms with Crippen LogP contribution in [0.3, 0.4) is 0 Å². The maximum atomic E-state index is 9.58. The summed E-state index contributed by atoms with van der Waals surface area (Å²) in [6.07, 6.45) is 0. The van der Waals surface area contributed by atoms with Crippen molar-refractivity contribution in [1.82, 2.24) is 0 Å². The van der Waals surface area contributed by atoms with E-state index in [1.54, 1.807) is 0 Å². The van der Waals surface area contributed by atoms with Gasteiger partial charge >= 0.3 is 14.6 Å². The topological polar surface area (TPSA) is 115 Å². The molecule has 0 rings (SSSR count). The van der Waals surface area contributed by atoms with Gasteiger partial charge in [0.15, 0.2) is 0 Å². The lowest BCUT2D eigenvalue weighted by Crippen LogP contribution is -1.78. The van der Waals surface area contributed by atoms with Gasteiger partial charge in [-0.1, -0.05) is 0 Å². The van der Waals surface area contributed by atoms with Gasteiger partial charge in [0.2, 0.25) is 0 Å². The standard InChI is InChI=1S/ClH.H4O6P2/c;1-7(2,3)8(4,5)6/h1H;(H2,1,2,3)(H2,4,5,6). The van der Waals surface area contributed by atoms with Gasteiger partial charge in [-0.15, -0.1) is 12.4 Å². The highest BCUT2D eigenvalue weighted by Gasteiger charge is 2.37. The molecular formula is H5ClO6P2. The average Bonchev–Trinajstić information content (AvgIpc) is 1.25. The summed E-state index contributed by atoms with van der Waals surface area (Å²) in [6.45, 7) is 0. The zero-order valence-electron chi connectivity index (χ0n) is 3.91. The lowest BCUT2D eigenvalue weighted by molar-refractivity contribution is 0.340. The molecule has 0 heterocycles. The normalized spacial score (nSPS) is 12.4. The summed E-state index contributed by atoms with van der Waals surface area (Å²) < 4.78 is 19.2. The Bertz CT molecular complexity index is 140. The highest BCUT2D eigenvalue weighted by molar-refractivity contribution is 8.26. The maximum absolute atomic E-state index is 9.58. The molecule has 0 aliphatic heterocycles. The van der Waals surface area contributed by atoms with Gasteiger partial charge in [-0.2, -0.15) is 0 Å². The molecule has 4 N–H and O–H groups in total. The summed E-state index contributed by atoms with van der Waals surface area (Å²) >= 11 is 0. The average molecular weight is 198 g/mol. The van der Waals surface area contributed by atoms with Crippen LogP contribution in [0, 0.1) is 0 Å². The fraction of sp³-hybridized carbons (Fsp3) is 0. The Morgan fingerprint density at radius 3 is 0.889 bits per heavy atom. The van der Waals surface area contributed by atoms with Gasteiger partial charge in [0.05, 0.1) is 0 Å². The van der Waals surface area contributed by atoms with Crippen LogP contribution in [0.5, 0.6) is 0 Å². The Labute approximate surface area is 56.5 Å². The van der Waals surface area contributed by atoms with Crippen LogP contribution in [0.2, 0.25) is 0 Å². The van der Waals surface area contributed by atoms with Gasteiger partial charge in [0, 0.05) is 0 Å². The van der Waals surface area contributed by atoms with E-state index in [0.29, 0.717) is 0 Å². The molecule has 0 aliphatic carbocycles. The first-order chi connectivity index (χ1) is 3.25. The van der Waals surface area contributed by atoms with Crippen LogP contribution in [0.15, 0.2) is 0 Å². The fourth-order valence-electron chi connectivity index (χ4n) is 0. The monoisotopic (exact) mass is 198 g/mol. The minimum atomic E-state index is -5.18. The van der Waals surface area contributed by atoms with E-state index in [4.69, 9.17) is 19.6 Å². The van der Waals surface area contributed by atoms with Crippen LogP contribution in [0.4, 0.5) is 0 Å². The number of hydrogen-bond donors (Lipinski definition) is 4. The predicted molar refractivity (Wildman–Crippen MR) is 31.3 cm³/mol. The smallest absolute Gasteiger partial charge is 0.316 e. The third-order valence-electron chi connectivity index (χ3n) is 0.339.